The summed E-state index contributed by atoms with van der Waals surface area (Å²) in [7, 11) is -4.32. The largest absolute Gasteiger partial charge is 0.391 e. The number of aliphatic hydroxyl groups is 1. The number of allylic oxidation sites excluding steroid dienone is 8. The summed E-state index contributed by atoms with van der Waals surface area (Å²) in [6.45, 7) is 4.42. The number of nitrogens with one attached hydrogen (secondary N) is 1. The number of rotatable bonds is 38. The van der Waals surface area contributed by atoms with Gasteiger partial charge in [0.15, 0.2) is 0 Å². The molecule has 0 aliphatic carbocycles. The van der Waals surface area contributed by atoms with Crippen molar-refractivity contribution in [1.29, 1.82) is 0 Å². The molecule has 2 atom stereocenters. The van der Waals surface area contributed by atoms with Crippen molar-refractivity contribution in [2.75, 3.05) is 5.75 Å². The van der Waals surface area contributed by atoms with Crippen LogP contribution in [0.5, 0.6) is 0 Å². The standard InChI is InChI=1S/C44H81NO5S/c1-3-5-7-9-11-13-15-17-19-21-22-24-25-27-29-31-33-35-37-39-43(46)42(41-51(48,49)50)45-44(47)40-38-36-34-32-30-28-26-23-20-18-16-14-12-10-8-6-4-2/h6,8,12,14,18,20,26,28,42-43,46H,3-5,7,9-11,13,15-17,19,21-25,27,29-41H2,1-2H3,(H,45,47)(H,48,49,50)/b8-6-,14-12-,20-18-,28-26-. The molecular weight excluding hydrogens is 655 g/mol. The van der Waals surface area contributed by atoms with Gasteiger partial charge in [0.05, 0.1) is 17.9 Å². The number of carbonyl (C=O) groups is 1. The molecule has 3 N–H and O–H groups in total. The molecule has 0 rings (SSSR count). The molecule has 2 unspecified atom stereocenters. The van der Waals surface area contributed by atoms with Crippen LogP contribution in [0.25, 0.3) is 0 Å². The SMILES string of the molecule is CC/C=C\C/C=C\C/C=C\C/C=C\CCCCCCC(=O)NC(CS(=O)(=O)O)C(O)CCCCCCCCCCCCCCCCCCCCC. The van der Waals surface area contributed by atoms with Gasteiger partial charge in [0.1, 0.15) is 0 Å². The van der Waals surface area contributed by atoms with Crippen LogP contribution in [0, 0.1) is 0 Å². The Hall–Kier alpha value is -1.70. The molecule has 0 saturated carbocycles. The molecule has 0 fully saturated rings. The lowest BCUT2D eigenvalue weighted by Gasteiger charge is -2.23. The monoisotopic (exact) mass is 736 g/mol. The van der Waals surface area contributed by atoms with Crippen molar-refractivity contribution in [2.24, 2.45) is 0 Å². The molecule has 0 aromatic rings. The summed E-state index contributed by atoms with van der Waals surface area (Å²) in [5.74, 6) is -0.928. The maximum atomic E-state index is 12.5. The number of unbranched alkanes of at least 4 members (excludes halogenated alkanes) is 22. The van der Waals surface area contributed by atoms with Crippen LogP contribution in [0.3, 0.4) is 0 Å². The van der Waals surface area contributed by atoms with Gasteiger partial charge in [0, 0.05) is 6.42 Å². The highest BCUT2D eigenvalue weighted by molar-refractivity contribution is 7.85. The van der Waals surface area contributed by atoms with Gasteiger partial charge in [-0.05, 0) is 51.4 Å². The zero-order valence-corrected chi connectivity index (χ0v) is 34.0. The molecule has 0 aromatic heterocycles. The van der Waals surface area contributed by atoms with Gasteiger partial charge in [-0.15, -0.1) is 0 Å². The van der Waals surface area contributed by atoms with Crippen molar-refractivity contribution in [3.05, 3.63) is 48.6 Å². The summed E-state index contributed by atoms with van der Waals surface area (Å²) >= 11 is 0. The van der Waals surface area contributed by atoms with E-state index >= 15 is 0 Å². The Kier molecular flexibility index (Phi) is 36.8. The first-order valence-corrected chi connectivity index (χ1v) is 22.9. The van der Waals surface area contributed by atoms with E-state index in [0.717, 1.165) is 70.6 Å². The van der Waals surface area contributed by atoms with Gasteiger partial charge in [-0.1, -0.05) is 197 Å². The van der Waals surface area contributed by atoms with Gasteiger partial charge >= 0.3 is 0 Å². The van der Waals surface area contributed by atoms with Gasteiger partial charge in [-0.25, -0.2) is 0 Å². The molecule has 6 nitrogen and oxygen atoms in total. The van der Waals surface area contributed by atoms with Crippen LogP contribution in [0.1, 0.15) is 206 Å². The molecule has 298 valence electrons. The third-order valence-electron chi connectivity index (χ3n) is 9.55. The number of hydrogen-bond acceptors (Lipinski definition) is 4. The second kappa shape index (κ2) is 38.0. The first-order valence-electron chi connectivity index (χ1n) is 21.3. The minimum Gasteiger partial charge on any atom is -0.391 e. The average Bonchev–Trinajstić information content (AvgIpc) is 3.09. The fourth-order valence-electron chi connectivity index (χ4n) is 6.39. The Morgan fingerprint density at radius 3 is 1.39 bits per heavy atom. The van der Waals surface area contributed by atoms with E-state index in [-0.39, 0.29) is 12.3 Å². The normalized spacial score (nSPS) is 13.7. The van der Waals surface area contributed by atoms with Crippen molar-refractivity contribution in [3.8, 4) is 0 Å². The van der Waals surface area contributed by atoms with Crippen molar-refractivity contribution in [3.63, 3.8) is 0 Å². The first-order chi connectivity index (χ1) is 24.8. The fourth-order valence-corrected chi connectivity index (χ4v) is 7.15. The van der Waals surface area contributed by atoms with Crippen molar-refractivity contribution in [1.82, 2.24) is 5.32 Å². The zero-order valence-electron chi connectivity index (χ0n) is 33.2. The lowest BCUT2D eigenvalue weighted by atomic mass is 10.0. The third-order valence-corrected chi connectivity index (χ3v) is 10.3. The van der Waals surface area contributed by atoms with E-state index in [0.29, 0.717) is 12.8 Å². The van der Waals surface area contributed by atoms with Gasteiger partial charge < -0.3 is 10.4 Å². The Morgan fingerprint density at radius 2 is 0.941 bits per heavy atom. The van der Waals surface area contributed by atoms with Crippen LogP contribution >= 0.6 is 0 Å². The number of hydrogen-bond donors (Lipinski definition) is 3. The van der Waals surface area contributed by atoms with E-state index in [1.807, 2.05) is 0 Å². The van der Waals surface area contributed by atoms with Crippen LogP contribution in [-0.4, -0.2) is 41.9 Å². The summed E-state index contributed by atoms with van der Waals surface area (Å²) in [6, 6.07) is -0.985. The quantitative estimate of drug-likeness (QED) is 0.0333. The topological polar surface area (TPSA) is 104 Å². The Labute approximate surface area is 316 Å². The highest BCUT2D eigenvalue weighted by Crippen LogP contribution is 2.16. The molecule has 0 radical (unpaired) electrons. The minimum absolute atomic E-state index is 0.269. The van der Waals surface area contributed by atoms with Crippen LogP contribution in [0.15, 0.2) is 48.6 Å². The highest BCUT2D eigenvalue weighted by Gasteiger charge is 2.26. The van der Waals surface area contributed by atoms with E-state index in [2.05, 4.69) is 67.8 Å². The average molecular weight is 736 g/mol. The summed E-state index contributed by atoms with van der Waals surface area (Å²) in [5, 5.41) is 13.4. The fraction of sp³-hybridized carbons (Fsp3) is 0.795. The Balaban J connectivity index is 3.89. The summed E-state index contributed by atoms with van der Waals surface area (Å²) in [5.41, 5.74) is 0. The number of carbonyl (C=O) groups excluding carboxylic acids is 1. The van der Waals surface area contributed by atoms with E-state index < -0.39 is 28.0 Å². The molecule has 0 bridgehead atoms. The third kappa shape index (κ3) is 39.3. The molecule has 0 aliphatic rings. The molecule has 0 spiro atoms. The smallest absolute Gasteiger partial charge is 0.266 e. The Morgan fingerprint density at radius 1 is 0.549 bits per heavy atom. The summed E-state index contributed by atoms with van der Waals surface area (Å²) < 4.78 is 32.6. The van der Waals surface area contributed by atoms with Crippen LogP contribution < -0.4 is 5.32 Å². The van der Waals surface area contributed by atoms with Gasteiger partial charge in [-0.3, -0.25) is 9.35 Å². The molecule has 0 saturated heterocycles. The second-order valence-electron chi connectivity index (χ2n) is 14.6. The molecule has 0 aromatic carbocycles. The van der Waals surface area contributed by atoms with Crippen molar-refractivity contribution < 1.29 is 22.9 Å². The molecular formula is C44H81NO5S. The molecule has 0 aliphatic heterocycles. The van der Waals surface area contributed by atoms with Crippen LogP contribution in [0.4, 0.5) is 0 Å². The zero-order chi connectivity index (χ0) is 37.5. The van der Waals surface area contributed by atoms with E-state index in [1.54, 1.807) is 0 Å². The van der Waals surface area contributed by atoms with E-state index in [9.17, 15) is 22.9 Å². The number of aliphatic hydroxyl groups excluding tert-OH is 1. The van der Waals surface area contributed by atoms with Crippen molar-refractivity contribution >= 4 is 16.0 Å². The molecule has 51 heavy (non-hydrogen) atoms. The van der Waals surface area contributed by atoms with Crippen LogP contribution in [0.2, 0.25) is 0 Å². The molecule has 7 heteroatoms. The van der Waals surface area contributed by atoms with Gasteiger partial charge in [-0.2, -0.15) is 8.42 Å². The lowest BCUT2D eigenvalue weighted by molar-refractivity contribution is -0.122. The first kappa shape index (κ1) is 49.3. The predicted molar refractivity (Wildman–Crippen MR) is 221 cm³/mol. The predicted octanol–water partition coefficient (Wildman–Crippen LogP) is 12.7. The minimum atomic E-state index is -4.32. The lowest BCUT2D eigenvalue weighted by Crippen LogP contribution is -2.47. The van der Waals surface area contributed by atoms with E-state index in [4.69, 9.17) is 0 Å². The van der Waals surface area contributed by atoms with Crippen molar-refractivity contribution in [2.45, 2.75) is 219 Å². The maximum Gasteiger partial charge on any atom is 0.266 e. The number of amides is 1. The Bertz CT molecular complexity index is 987. The molecule has 0 heterocycles. The van der Waals surface area contributed by atoms with Crippen LogP contribution in [-0.2, 0) is 14.9 Å². The summed E-state index contributed by atoms with van der Waals surface area (Å²) in [6.07, 6.45) is 50.6. The van der Waals surface area contributed by atoms with Gasteiger partial charge in [0.2, 0.25) is 5.91 Å². The van der Waals surface area contributed by atoms with Gasteiger partial charge in [0.25, 0.3) is 10.1 Å². The van der Waals surface area contributed by atoms with E-state index in [1.165, 1.54) is 103 Å². The summed E-state index contributed by atoms with van der Waals surface area (Å²) in [4.78, 5) is 12.5. The highest BCUT2D eigenvalue weighted by atomic mass is 32.2. The molecule has 1 amide bonds. The second-order valence-corrected chi connectivity index (χ2v) is 16.1. The maximum absolute atomic E-state index is 12.5.